The highest BCUT2D eigenvalue weighted by Gasteiger charge is 2.35. The van der Waals surface area contributed by atoms with Crippen LogP contribution in [-0.4, -0.2) is 29.2 Å². The number of carbonyl (C=O) groups excluding carboxylic acids is 3. The number of aryl methyl sites for hydroxylation is 1. The van der Waals surface area contributed by atoms with E-state index in [0.29, 0.717) is 29.4 Å². The van der Waals surface area contributed by atoms with Crippen LogP contribution in [0.25, 0.3) is 0 Å². The molecule has 2 aromatic rings. The zero-order valence-corrected chi connectivity index (χ0v) is 16.3. The molecule has 7 nitrogen and oxygen atoms in total. The summed E-state index contributed by atoms with van der Waals surface area (Å²) in [5.41, 5.74) is 7.07. The summed E-state index contributed by atoms with van der Waals surface area (Å²) in [5, 5.41) is 3.42. The fraction of sp³-hybridized carbons (Fsp3) is 0.450. The van der Waals surface area contributed by atoms with E-state index in [0.717, 1.165) is 42.5 Å². The molecule has 1 aliphatic heterocycles. The third kappa shape index (κ3) is 3.69. The Kier molecular flexibility index (Phi) is 5.21. The molecule has 148 valence electrons. The number of nitrogens with one attached hydrogen (secondary N) is 1. The summed E-state index contributed by atoms with van der Waals surface area (Å²) in [6.07, 6.45) is 6.69. The van der Waals surface area contributed by atoms with Gasteiger partial charge in [-0.2, -0.15) is 0 Å². The van der Waals surface area contributed by atoms with Gasteiger partial charge in [-0.25, -0.2) is 0 Å². The maximum absolute atomic E-state index is 12.8. The number of likely N-dealkylation sites (tertiary alicyclic amines) is 1. The lowest BCUT2D eigenvalue weighted by Gasteiger charge is -2.15. The first-order valence-corrected chi connectivity index (χ1v) is 10.4. The summed E-state index contributed by atoms with van der Waals surface area (Å²) in [4.78, 5) is 39.9. The molecular weight excluding hydrogens is 378 g/mol. The normalized spacial score (nSPS) is 19.4. The highest BCUT2D eigenvalue weighted by atomic mass is 32.1. The van der Waals surface area contributed by atoms with Gasteiger partial charge in [-0.1, -0.05) is 6.42 Å². The highest BCUT2D eigenvalue weighted by Crippen LogP contribution is 2.37. The van der Waals surface area contributed by atoms with E-state index in [9.17, 15) is 14.4 Å². The van der Waals surface area contributed by atoms with Gasteiger partial charge < -0.3 is 20.4 Å². The van der Waals surface area contributed by atoms with Gasteiger partial charge in [-0.05, 0) is 43.4 Å². The Hall–Kier alpha value is -2.61. The molecule has 1 saturated heterocycles. The molecular formula is C20H23N3O4S. The van der Waals surface area contributed by atoms with Crippen LogP contribution >= 0.6 is 11.3 Å². The minimum absolute atomic E-state index is 0.0753. The second-order valence-electron chi connectivity index (χ2n) is 7.38. The lowest BCUT2D eigenvalue weighted by Crippen LogP contribution is -2.28. The number of furan rings is 1. The van der Waals surface area contributed by atoms with Gasteiger partial charge in [-0.15, -0.1) is 11.3 Å². The van der Waals surface area contributed by atoms with Crippen LogP contribution in [-0.2, 0) is 29.0 Å². The first-order chi connectivity index (χ1) is 13.5. The second kappa shape index (κ2) is 7.79. The molecule has 28 heavy (non-hydrogen) atoms. The Morgan fingerprint density at radius 1 is 1.29 bits per heavy atom. The monoisotopic (exact) mass is 401 g/mol. The number of thiophene rings is 1. The molecule has 0 saturated carbocycles. The molecule has 0 aromatic carbocycles. The number of nitrogens with zero attached hydrogens (tertiary/aromatic N) is 1. The molecule has 1 atom stereocenters. The fourth-order valence-electron chi connectivity index (χ4n) is 4.00. The van der Waals surface area contributed by atoms with Gasteiger partial charge in [0.1, 0.15) is 10.8 Å². The zero-order valence-electron chi connectivity index (χ0n) is 15.5. The van der Waals surface area contributed by atoms with Crippen LogP contribution < -0.4 is 11.1 Å². The predicted molar refractivity (Wildman–Crippen MR) is 105 cm³/mol. The molecule has 1 unspecified atom stereocenters. The molecule has 3 amide bonds. The molecule has 8 heteroatoms. The number of carbonyl (C=O) groups is 3. The van der Waals surface area contributed by atoms with E-state index >= 15 is 0 Å². The number of hydrogen-bond donors (Lipinski definition) is 2. The van der Waals surface area contributed by atoms with Crippen molar-refractivity contribution >= 4 is 34.1 Å². The molecule has 3 N–H and O–H groups in total. The Morgan fingerprint density at radius 2 is 2.11 bits per heavy atom. The van der Waals surface area contributed by atoms with Gasteiger partial charge in [-0.3, -0.25) is 14.4 Å². The third-order valence-electron chi connectivity index (χ3n) is 5.42. The number of amides is 3. The number of primary amides is 1. The summed E-state index contributed by atoms with van der Waals surface area (Å²) in [5.74, 6) is -0.586. The predicted octanol–water partition coefficient (Wildman–Crippen LogP) is 2.70. The number of rotatable bonds is 5. The van der Waals surface area contributed by atoms with Crippen LogP contribution in [0.4, 0.5) is 5.00 Å². The lowest BCUT2D eigenvalue weighted by atomic mass is 10.0. The van der Waals surface area contributed by atoms with Crippen molar-refractivity contribution in [3.05, 3.63) is 40.2 Å². The van der Waals surface area contributed by atoms with Crippen LogP contribution in [0.3, 0.4) is 0 Å². The van der Waals surface area contributed by atoms with Crippen molar-refractivity contribution in [2.24, 2.45) is 11.7 Å². The highest BCUT2D eigenvalue weighted by molar-refractivity contribution is 7.17. The van der Waals surface area contributed by atoms with E-state index in [-0.39, 0.29) is 18.2 Å². The largest absolute Gasteiger partial charge is 0.467 e. The molecule has 4 rings (SSSR count). The third-order valence-corrected chi connectivity index (χ3v) is 6.62. The van der Waals surface area contributed by atoms with Crippen LogP contribution in [0.1, 0.15) is 52.2 Å². The average Bonchev–Trinajstić information content (AvgIpc) is 3.33. The summed E-state index contributed by atoms with van der Waals surface area (Å²) >= 11 is 1.45. The Labute approximate surface area is 166 Å². The SMILES string of the molecule is NC(=O)c1c(NC(=O)C2CC(=O)N(Cc3ccco3)C2)sc2c1CCCCC2. The molecule has 1 aliphatic carbocycles. The first kappa shape index (κ1) is 18.7. The smallest absolute Gasteiger partial charge is 0.251 e. The lowest BCUT2D eigenvalue weighted by molar-refractivity contribution is -0.128. The van der Waals surface area contributed by atoms with Gasteiger partial charge >= 0.3 is 0 Å². The van der Waals surface area contributed by atoms with Gasteiger partial charge in [0.25, 0.3) is 5.91 Å². The van der Waals surface area contributed by atoms with E-state index in [1.807, 2.05) is 0 Å². The van der Waals surface area contributed by atoms with Crippen molar-refractivity contribution in [2.75, 3.05) is 11.9 Å². The van der Waals surface area contributed by atoms with E-state index in [2.05, 4.69) is 5.32 Å². The number of nitrogens with two attached hydrogens (primary N) is 1. The number of hydrogen-bond acceptors (Lipinski definition) is 5. The van der Waals surface area contributed by atoms with Crippen molar-refractivity contribution in [2.45, 2.75) is 45.1 Å². The molecule has 0 spiro atoms. The standard InChI is InChI=1S/C20H23N3O4S/c21-18(25)17-14-6-2-1-3-7-15(14)28-20(17)22-19(26)12-9-16(24)23(10-12)11-13-5-4-8-27-13/h4-5,8,12H,1-3,6-7,9-11H2,(H2,21,25)(H,22,26). The van der Waals surface area contributed by atoms with E-state index < -0.39 is 11.8 Å². The van der Waals surface area contributed by atoms with Crippen LogP contribution in [0.2, 0.25) is 0 Å². The summed E-state index contributed by atoms with van der Waals surface area (Å²) in [6, 6.07) is 3.57. The van der Waals surface area contributed by atoms with Crippen molar-refractivity contribution < 1.29 is 18.8 Å². The van der Waals surface area contributed by atoms with Crippen LogP contribution in [0, 0.1) is 5.92 Å². The van der Waals surface area contributed by atoms with Crippen molar-refractivity contribution in [3.63, 3.8) is 0 Å². The summed E-state index contributed by atoms with van der Waals surface area (Å²) < 4.78 is 5.29. The summed E-state index contributed by atoms with van der Waals surface area (Å²) in [7, 11) is 0. The molecule has 3 heterocycles. The van der Waals surface area contributed by atoms with Crippen molar-refractivity contribution in [3.8, 4) is 0 Å². The van der Waals surface area contributed by atoms with Gasteiger partial charge in [0.2, 0.25) is 11.8 Å². The molecule has 2 aliphatic rings. The minimum Gasteiger partial charge on any atom is -0.467 e. The van der Waals surface area contributed by atoms with Gasteiger partial charge in [0, 0.05) is 17.8 Å². The van der Waals surface area contributed by atoms with E-state index in [1.165, 1.54) is 11.3 Å². The quantitative estimate of drug-likeness (QED) is 0.751. The van der Waals surface area contributed by atoms with Crippen molar-refractivity contribution in [1.29, 1.82) is 0 Å². The fourth-order valence-corrected chi connectivity index (χ4v) is 5.29. The first-order valence-electron chi connectivity index (χ1n) is 9.58. The molecule has 0 bridgehead atoms. The topological polar surface area (TPSA) is 106 Å². The Balaban J connectivity index is 1.48. The van der Waals surface area contributed by atoms with E-state index in [4.69, 9.17) is 10.2 Å². The molecule has 0 radical (unpaired) electrons. The van der Waals surface area contributed by atoms with Crippen LogP contribution in [0.15, 0.2) is 22.8 Å². The zero-order chi connectivity index (χ0) is 19.7. The second-order valence-corrected chi connectivity index (χ2v) is 8.48. The number of anilines is 1. The maximum atomic E-state index is 12.8. The Bertz CT molecular complexity index is 903. The average molecular weight is 401 g/mol. The van der Waals surface area contributed by atoms with E-state index in [1.54, 1.807) is 23.3 Å². The van der Waals surface area contributed by atoms with Crippen LogP contribution in [0.5, 0.6) is 0 Å². The Morgan fingerprint density at radius 3 is 2.86 bits per heavy atom. The minimum atomic E-state index is -0.503. The number of fused-ring (bicyclic) bond motifs is 1. The summed E-state index contributed by atoms with van der Waals surface area (Å²) in [6.45, 7) is 0.692. The van der Waals surface area contributed by atoms with Gasteiger partial charge in [0.15, 0.2) is 0 Å². The van der Waals surface area contributed by atoms with Crippen molar-refractivity contribution in [1.82, 2.24) is 4.90 Å². The molecule has 2 aromatic heterocycles. The van der Waals surface area contributed by atoms with Gasteiger partial charge in [0.05, 0.1) is 24.3 Å². The molecule has 1 fully saturated rings. The maximum Gasteiger partial charge on any atom is 0.251 e.